The summed E-state index contributed by atoms with van der Waals surface area (Å²) >= 11 is 0. The summed E-state index contributed by atoms with van der Waals surface area (Å²) in [4.78, 5) is 13.3. The average molecular weight is 251 g/mol. The first kappa shape index (κ1) is 14.3. The summed E-state index contributed by atoms with van der Waals surface area (Å²) in [5.41, 5.74) is 7.89. The Labute approximate surface area is 108 Å². The fourth-order valence-corrected chi connectivity index (χ4v) is 1.64. The number of nitrogens with one attached hydrogen (secondary N) is 1. The zero-order valence-corrected chi connectivity index (χ0v) is 11.4. The van der Waals surface area contributed by atoms with Crippen LogP contribution in [0.5, 0.6) is 0 Å². The SMILES string of the molecule is COCC(C)Nc1ccc(C(=O)N(C)C)cc1N. The Balaban J connectivity index is 2.83. The predicted molar refractivity (Wildman–Crippen MR) is 73.8 cm³/mol. The van der Waals surface area contributed by atoms with Crippen LogP contribution in [0.4, 0.5) is 11.4 Å². The number of amides is 1. The standard InChI is InChI=1S/C13H21N3O2/c1-9(8-18-4)15-12-6-5-10(7-11(12)14)13(17)16(2)3/h5-7,9,15H,8,14H2,1-4H3. The second kappa shape index (κ2) is 6.26. The molecule has 1 amide bonds. The number of anilines is 2. The number of rotatable bonds is 5. The molecule has 0 aliphatic heterocycles. The molecule has 3 N–H and O–H groups in total. The molecular weight excluding hydrogens is 230 g/mol. The summed E-state index contributed by atoms with van der Waals surface area (Å²) in [6.45, 7) is 2.60. The largest absolute Gasteiger partial charge is 0.397 e. The second-order valence-electron chi connectivity index (χ2n) is 4.50. The Bertz CT molecular complexity index is 419. The maximum absolute atomic E-state index is 11.8. The van der Waals surface area contributed by atoms with Crippen molar-refractivity contribution in [1.82, 2.24) is 4.90 Å². The van der Waals surface area contributed by atoms with Gasteiger partial charge < -0.3 is 20.7 Å². The fourth-order valence-electron chi connectivity index (χ4n) is 1.64. The van der Waals surface area contributed by atoms with Crippen LogP contribution in [0.1, 0.15) is 17.3 Å². The van der Waals surface area contributed by atoms with Gasteiger partial charge in [0.2, 0.25) is 0 Å². The van der Waals surface area contributed by atoms with E-state index in [2.05, 4.69) is 5.32 Å². The van der Waals surface area contributed by atoms with Crippen molar-refractivity contribution in [3.8, 4) is 0 Å². The van der Waals surface area contributed by atoms with E-state index in [-0.39, 0.29) is 11.9 Å². The molecule has 5 heteroatoms. The summed E-state index contributed by atoms with van der Waals surface area (Å²) in [5.74, 6) is -0.0572. The molecule has 1 unspecified atom stereocenters. The zero-order chi connectivity index (χ0) is 13.7. The normalized spacial score (nSPS) is 12.0. The molecule has 1 aromatic rings. The lowest BCUT2D eigenvalue weighted by Crippen LogP contribution is -2.23. The molecule has 18 heavy (non-hydrogen) atoms. The van der Waals surface area contributed by atoms with Gasteiger partial charge in [-0.2, -0.15) is 0 Å². The number of carbonyl (C=O) groups excluding carboxylic acids is 1. The fraction of sp³-hybridized carbons (Fsp3) is 0.462. The van der Waals surface area contributed by atoms with E-state index in [1.165, 1.54) is 4.90 Å². The lowest BCUT2D eigenvalue weighted by molar-refractivity contribution is 0.0827. The van der Waals surface area contributed by atoms with Gasteiger partial charge in [0.05, 0.1) is 18.0 Å². The van der Waals surface area contributed by atoms with E-state index >= 15 is 0 Å². The highest BCUT2D eigenvalue weighted by Crippen LogP contribution is 2.21. The molecule has 0 aliphatic rings. The first-order chi connectivity index (χ1) is 8.45. The summed E-state index contributed by atoms with van der Waals surface area (Å²) in [5, 5.41) is 3.23. The molecule has 0 saturated heterocycles. The number of benzene rings is 1. The molecule has 5 nitrogen and oxygen atoms in total. The molecule has 0 radical (unpaired) electrons. The van der Waals surface area contributed by atoms with Gasteiger partial charge in [0.15, 0.2) is 0 Å². The topological polar surface area (TPSA) is 67.6 Å². The minimum atomic E-state index is -0.0572. The van der Waals surface area contributed by atoms with E-state index < -0.39 is 0 Å². The van der Waals surface area contributed by atoms with Crippen LogP contribution >= 0.6 is 0 Å². The number of hydrogen-bond donors (Lipinski definition) is 2. The van der Waals surface area contributed by atoms with Crippen LogP contribution in [0, 0.1) is 0 Å². The minimum Gasteiger partial charge on any atom is -0.397 e. The van der Waals surface area contributed by atoms with Crippen molar-refractivity contribution in [1.29, 1.82) is 0 Å². The smallest absolute Gasteiger partial charge is 0.253 e. The maximum Gasteiger partial charge on any atom is 0.253 e. The number of methoxy groups -OCH3 is 1. The van der Waals surface area contributed by atoms with Gasteiger partial charge in [-0.15, -0.1) is 0 Å². The van der Waals surface area contributed by atoms with Gasteiger partial charge in [-0.25, -0.2) is 0 Å². The van der Waals surface area contributed by atoms with Crippen LogP contribution in [-0.2, 0) is 4.74 Å². The lowest BCUT2D eigenvalue weighted by atomic mass is 10.1. The van der Waals surface area contributed by atoms with Gasteiger partial charge in [-0.05, 0) is 25.1 Å². The van der Waals surface area contributed by atoms with Gasteiger partial charge >= 0.3 is 0 Å². The van der Waals surface area contributed by atoms with Gasteiger partial charge in [0.1, 0.15) is 0 Å². The van der Waals surface area contributed by atoms with Crippen LogP contribution in [0.3, 0.4) is 0 Å². The molecule has 1 aromatic carbocycles. The maximum atomic E-state index is 11.8. The number of carbonyl (C=O) groups is 1. The van der Waals surface area contributed by atoms with Gasteiger partial charge in [0, 0.05) is 32.8 Å². The molecule has 0 bridgehead atoms. The number of ether oxygens (including phenoxy) is 1. The summed E-state index contributed by atoms with van der Waals surface area (Å²) in [6.07, 6.45) is 0. The predicted octanol–water partition coefficient (Wildman–Crippen LogP) is 1.42. The molecule has 0 spiro atoms. The van der Waals surface area contributed by atoms with Gasteiger partial charge in [-0.3, -0.25) is 4.79 Å². The van der Waals surface area contributed by atoms with E-state index in [1.807, 2.05) is 13.0 Å². The van der Waals surface area contributed by atoms with Crippen LogP contribution in [-0.4, -0.2) is 44.7 Å². The molecule has 100 valence electrons. The van der Waals surface area contributed by atoms with E-state index in [0.29, 0.717) is 17.9 Å². The highest BCUT2D eigenvalue weighted by Gasteiger charge is 2.11. The Kier molecular flexibility index (Phi) is 4.97. The summed E-state index contributed by atoms with van der Waals surface area (Å²) in [6, 6.07) is 5.43. The highest BCUT2D eigenvalue weighted by atomic mass is 16.5. The van der Waals surface area contributed by atoms with Crippen molar-refractivity contribution in [2.45, 2.75) is 13.0 Å². The molecule has 0 saturated carbocycles. The third-order valence-corrected chi connectivity index (χ3v) is 2.52. The molecular formula is C13H21N3O2. The summed E-state index contributed by atoms with van der Waals surface area (Å²) < 4.78 is 5.05. The van der Waals surface area contributed by atoms with E-state index in [1.54, 1.807) is 33.3 Å². The Morgan fingerprint density at radius 3 is 2.67 bits per heavy atom. The molecule has 0 fully saturated rings. The Hall–Kier alpha value is -1.75. The van der Waals surface area contributed by atoms with Gasteiger partial charge in [0.25, 0.3) is 5.91 Å². The number of hydrogen-bond acceptors (Lipinski definition) is 4. The van der Waals surface area contributed by atoms with Crippen molar-refractivity contribution >= 4 is 17.3 Å². The lowest BCUT2D eigenvalue weighted by Gasteiger charge is -2.17. The molecule has 0 aromatic heterocycles. The van der Waals surface area contributed by atoms with Crippen LogP contribution < -0.4 is 11.1 Å². The monoisotopic (exact) mass is 251 g/mol. The molecule has 0 heterocycles. The Morgan fingerprint density at radius 1 is 1.50 bits per heavy atom. The first-order valence-electron chi connectivity index (χ1n) is 5.82. The quantitative estimate of drug-likeness (QED) is 0.777. The second-order valence-corrected chi connectivity index (χ2v) is 4.50. The van der Waals surface area contributed by atoms with Crippen LogP contribution in [0.2, 0.25) is 0 Å². The third kappa shape index (κ3) is 3.63. The average Bonchev–Trinajstić information content (AvgIpc) is 2.31. The number of nitrogens with zero attached hydrogens (tertiary/aromatic N) is 1. The minimum absolute atomic E-state index is 0.0572. The van der Waals surface area contributed by atoms with Crippen LogP contribution in [0.25, 0.3) is 0 Å². The van der Waals surface area contributed by atoms with Crippen molar-refractivity contribution in [3.05, 3.63) is 23.8 Å². The highest BCUT2D eigenvalue weighted by molar-refractivity contribution is 5.95. The number of nitrogen functional groups attached to an aromatic ring is 1. The van der Waals surface area contributed by atoms with Crippen LogP contribution in [0.15, 0.2) is 18.2 Å². The Morgan fingerprint density at radius 2 is 2.17 bits per heavy atom. The van der Waals surface area contributed by atoms with E-state index in [4.69, 9.17) is 10.5 Å². The third-order valence-electron chi connectivity index (χ3n) is 2.52. The van der Waals surface area contributed by atoms with Crippen molar-refractivity contribution < 1.29 is 9.53 Å². The van der Waals surface area contributed by atoms with E-state index in [0.717, 1.165) is 5.69 Å². The number of nitrogens with two attached hydrogens (primary N) is 1. The molecule has 0 aliphatic carbocycles. The zero-order valence-electron chi connectivity index (χ0n) is 11.4. The van der Waals surface area contributed by atoms with Gasteiger partial charge in [-0.1, -0.05) is 0 Å². The van der Waals surface area contributed by atoms with Crippen molar-refractivity contribution in [3.63, 3.8) is 0 Å². The first-order valence-corrected chi connectivity index (χ1v) is 5.82. The van der Waals surface area contributed by atoms with Crippen molar-refractivity contribution in [2.75, 3.05) is 38.9 Å². The molecule has 1 atom stereocenters. The molecule has 1 rings (SSSR count). The van der Waals surface area contributed by atoms with E-state index in [9.17, 15) is 4.79 Å². The van der Waals surface area contributed by atoms with Crippen molar-refractivity contribution in [2.24, 2.45) is 0 Å². The summed E-state index contributed by atoms with van der Waals surface area (Å²) in [7, 11) is 5.08.